The van der Waals surface area contributed by atoms with Crippen molar-refractivity contribution in [2.45, 2.75) is 26.4 Å². The molecule has 2 amide bonds. The number of amides is 2. The Morgan fingerprint density at radius 1 is 1.06 bits per heavy atom. The van der Waals surface area contributed by atoms with Gasteiger partial charge in [0.15, 0.2) is 5.75 Å². The van der Waals surface area contributed by atoms with Gasteiger partial charge >= 0.3 is 5.69 Å². The van der Waals surface area contributed by atoms with Crippen molar-refractivity contribution >= 4 is 41.0 Å². The molecule has 3 aromatic carbocycles. The van der Waals surface area contributed by atoms with Gasteiger partial charge in [0.25, 0.3) is 0 Å². The second-order valence-corrected chi connectivity index (χ2v) is 7.97. The lowest BCUT2D eigenvalue weighted by Crippen LogP contribution is -2.20. The lowest BCUT2D eigenvalue weighted by Gasteiger charge is -2.07. The van der Waals surface area contributed by atoms with Crippen molar-refractivity contribution in [1.82, 2.24) is 5.43 Å². The van der Waals surface area contributed by atoms with Crippen LogP contribution < -0.4 is 15.5 Å². The van der Waals surface area contributed by atoms with E-state index in [1.807, 2.05) is 37.3 Å². The first kappa shape index (κ1) is 25.4. The Balaban J connectivity index is 1.50. The van der Waals surface area contributed by atoms with Gasteiger partial charge < -0.3 is 10.1 Å². The molecule has 0 bridgehead atoms. The molecule has 2 N–H and O–H groups in total. The molecule has 0 heterocycles. The summed E-state index contributed by atoms with van der Waals surface area (Å²) in [5.74, 6) is -0.692. The molecule has 3 aromatic rings. The summed E-state index contributed by atoms with van der Waals surface area (Å²) in [5.41, 5.74) is 4.80. The number of rotatable bonds is 10. The Labute approximate surface area is 206 Å². The van der Waals surface area contributed by atoms with Crippen LogP contribution in [0, 0.1) is 17.0 Å². The Morgan fingerprint density at radius 2 is 1.80 bits per heavy atom. The summed E-state index contributed by atoms with van der Waals surface area (Å²) in [4.78, 5) is 34.9. The molecule has 9 nitrogen and oxygen atoms in total. The Kier molecular flexibility index (Phi) is 8.91. The third-order valence-electron chi connectivity index (χ3n) is 4.85. The third kappa shape index (κ3) is 7.94. The van der Waals surface area contributed by atoms with Gasteiger partial charge in [-0.1, -0.05) is 48.0 Å². The fourth-order valence-electron chi connectivity index (χ4n) is 2.97. The number of carbonyl (C=O) groups excluding carboxylic acids is 2. The first-order chi connectivity index (χ1) is 16.8. The number of nitrogens with one attached hydrogen (secondary N) is 2. The summed E-state index contributed by atoms with van der Waals surface area (Å²) in [6, 6.07) is 18.8. The normalized spacial score (nSPS) is 10.7. The van der Waals surface area contributed by atoms with E-state index in [1.54, 1.807) is 24.3 Å². The Bertz CT molecular complexity index is 1250. The monoisotopic (exact) mass is 494 g/mol. The summed E-state index contributed by atoms with van der Waals surface area (Å²) < 4.78 is 5.59. The predicted molar refractivity (Wildman–Crippen MR) is 134 cm³/mol. The van der Waals surface area contributed by atoms with Gasteiger partial charge in [0.05, 0.1) is 11.1 Å². The van der Waals surface area contributed by atoms with E-state index in [-0.39, 0.29) is 36.8 Å². The second-order valence-electron chi connectivity index (χ2n) is 7.56. The molecule has 0 radical (unpaired) electrons. The average Bonchev–Trinajstić information content (AvgIpc) is 2.84. The molecular formula is C25H23ClN4O5. The number of nitro groups is 1. The average molecular weight is 495 g/mol. The van der Waals surface area contributed by atoms with Crippen LogP contribution in [0.25, 0.3) is 0 Å². The molecule has 0 aliphatic rings. The van der Waals surface area contributed by atoms with Gasteiger partial charge in [0.1, 0.15) is 6.61 Å². The van der Waals surface area contributed by atoms with Crippen LogP contribution in [0.15, 0.2) is 71.8 Å². The van der Waals surface area contributed by atoms with E-state index in [4.69, 9.17) is 16.3 Å². The van der Waals surface area contributed by atoms with Crippen LogP contribution in [0.5, 0.6) is 5.75 Å². The highest BCUT2D eigenvalue weighted by atomic mass is 35.5. The quantitative estimate of drug-likeness (QED) is 0.233. The zero-order valence-corrected chi connectivity index (χ0v) is 19.6. The molecule has 0 aliphatic heterocycles. The van der Waals surface area contributed by atoms with Gasteiger partial charge in [-0.2, -0.15) is 5.10 Å². The van der Waals surface area contributed by atoms with Gasteiger partial charge in [-0.25, -0.2) is 5.43 Å². The number of hydrogen-bond acceptors (Lipinski definition) is 6. The smallest absolute Gasteiger partial charge is 0.311 e. The molecule has 0 atom stereocenters. The van der Waals surface area contributed by atoms with Crippen LogP contribution in [0.4, 0.5) is 11.4 Å². The van der Waals surface area contributed by atoms with Crippen molar-refractivity contribution in [1.29, 1.82) is 0 Å². The Hall–Kier alpha value is -4.24. The zero-order chi connectivity index (χ0) is 25.2. The largest absolute Gasteiger partial charge is 0.482 e. The van der Waals surface area contributed by atoms with Crippen molar-refractivity contribution in [3.8, 4) is 5.75 Å². The number of aryl methyl sites for hydroxylation is 1. The van der Waals surface area contributed by atoms with Crippen LogP contribution in [0.3, 0.4) is 0 Å². The van der Waals surface area contributed by atoms with E-state index >= 15 is 0 Å². The first-order valence-corrected chi connectivity index (χ1v) is 11.0. The van der Waals surface area contributed by atoms with Crippen molar-refractivity contribution in [3.05, 3.63) is 98.6 Å². The number of nitro benzene ring substituents is 1. The minimum atomic E-state index is -0.546. The maximum absolute atomic E-state index is 12.0. The fourth-order valence-corrected chi connectivity index (χ4v) is 3.15. The van der Waals surface area contributed by atoms with E-state index in [1.165, 1.54) is 18.3 Å². The molecule has 0 fully saturated rings. The summed E-state index contributed by atoms with van der Waals surface area (Å²) in [6.07, 6.45) is 1.14. The molecular weight excluding hydrogens is 472 g/mol. The molecule has 0 saturated heterocycles. The highest BCUT2D eigenvalue weighted by Gasteiger charge is 2.16. The van der Waals surface area contributed by atoms with Crippen LogP contribution in [-0.2, 0) is 16.2 Å². The van der Waals surface area contributed by atoms with Gasteiger partial charge in [0.2, 0.25) is 11.8 Å². The van der Waals surface area contributed by atoms with Crippen LogP contribution in [-0.4, -0.2) is 23.0 Å². The molecule has 180 valence electrons. The maximum Gasteiger partial charge on any atom is 0.311 e. The number of benzene rings is 3. The molecule has 35 heavy (non-hydrogen) atoms. The number of hydrazone groups is 1. The highest BCUT2D eigenvalue weighted by molar-refractivity contribution is 6.31. The SMILES string of the molecule is Cc1ccc(NC(=O)CCC(=O)NN=Cc2ccc(OCc3ccccc3)c([N+](=O)[O-])c2)cc1Cl. The van der Waals surface area contributed by atoms with E-state index in [0.717, 1.165) is 11.1 Å². The molecule has 0 unspecified atom stereocenters. The van der Waals surface area contributed by atoms with Gasteiger partial charge in [-0.05, 0) is 42.3 Å². The van der Waals surface area contributed by atoms with Gasteiger partial charge in [-0.3, -0.25) is 19.7 Å². The lowest BCUT2D eigenvalue weighted by molar-refractivity contribution is -0.385. The van der Waals surface area contributed by atoms with Crippen LogP contribution in [0.2, 0.25) is 5.02 Å². The number of anilines is 1. The van der Waals surface area contributed by atoms with Crippen molar-refractivity contribution in [3.63, 3.8) is 0 Å². The topological polar surface area (TPSA) is 123 Å². The van der Waals surface area contributed by atoms with E-state index in [2.05, 4.69) is 15.8 Å². The van der Waals surface area contributed by atoms with Crippen molar-refractivity contribution in [2.75, 3.05) is 5.32 Å². The van der Waals surface area contributed by atoms with Crippen LogP contribution >= 0.6 is 11.6 Å². The molecule has 0 saturated carbocycles. The van der Waals surface area contributed by atoms with E-state index < -0.39 is 10.8 Å². The van der Waals surface area contributed by atoms with E-state index in [9.17, 15) is 19.7 Å². The highest BCUT2D eigenvalue weighted by Crippen LogP contribution is 2.28. The van der Waals surface area contributed by atoms with Crippen molar-refractivity contribution < 1.29 is 19.2 Å². The fraction of sp³-hybridized carbons (Fsp3) is 0.160. The molecule has 10 heteroatoms. The predicted octanol–water partition coefficient (Wildman–Crippen LogP) is 5.00. The first-order valence-electron chi connectivity index (χ1n) is 10.6. The van der Waals surface area contributed by atoms with Gasteiger partial charge in [-0.15, -0.1) is 0 Å². The second kappa shape index (κ2) is 12.3. The summed E-state index contributed by atoms with van der Waals surface area (Å²) in [7, 11) is 0. The number of carbonyl (C=O) groups is 2. The minimum Gasteiger partial charge on any atom is -0.482 e. The third-order valence-corrected chi connectivity index (χ3v) is 5.26. The summed E-state index contributed by atoms with van der Waals surface area (Å²) in [5, 5.41) is 18.5. The summed E-state index contributed by atoms with van der Waals surface area (Å²) >= 11 is 6.03. The van der Waals surface area contributed by atoms with Gasteiger partial charge in [0, 0.05) is 35.2 Å². The van der Waals surface area contributed by atoms with Crippen LogP contribution in [0.1, 0.15) is 29.5 Å². The number of hydrogen-bond donors (Lipinski definition) is 2. The minimum absolute atomic E-state index is 0.0498. The van der Waals surface area contributed by atoms with E-state index in [0.29, 0.717) is 16.3 Å². The molecule has 0 aliphatic carbocycles. The standard InChI is InChI=1S/C25H23ClN4O5/c1-17-7-9-20(14-21(17)26)28-24(31)11-12-25(32)29-27-15-19-8-10-23(22(13-19)30(33)34)35-16-18-5-3-2-4-6-18/h2-10,13-15H,11-12,16H2,1H3,(H,28,31)(H,29,32). The maximum atomic E-state index is 12.0. The number of nitrogens with zero attached hydrogens (tertiary/aromatic N) is 2. The van der Waals surface area contributed by atoms with Crippen molar-refractivity contribution in [2.24, 2.45) is 5.10 Å². The summed E-state index contributed by atoms with van der Waals surface area (Å²) in [6.45, 7) is 2.04. The molecule has 3 rings (SSSR count). The molecule has 0 aromatic heterocycles. The number of ether oxygens (including phenoxy) is 1. The number of halogens is 1. The lowest BCUT2D eigenvalue weighted by atomic mass is 10.2. The molecule has 0 spiro atoms. The Morgan fingerprint density at radius 3 is 2.51 bits per heavy atom. The zero-order valence-electron chi connectivity index (χ0n) is 18.9.